The summed E-state index contributed by atoms with van der Waals surface area (Å²) in [4.78, 5) is 24.8. The molecule has 0 spiro atoms. The molecule has 1 amide bonds. The van der Waals surface area contributed by atoms with Gasteiger partial charge in [0.15, 0.2) is 18.1 Å². The van der Waals surface area contributed by atoms with Crippen LogP contribution in [0.15, 0.2) is 28.7 Å². The number of esters is 1. The summed E-state index contributed by atoms with van der Waals surface area (Å²) in [6.07, 6.45) is 0. The van der Waals surface area contributed by atoms with Gasteiger partial charge in [-0.25, -0.2) is 4.79 Å². The Hall–Kier alpha value is -3.14. The van der Waals surface area contributed by atoms with Crippen LogP contribution in [0.3, 0.4) is 0 Å². The van der Waals surface area contributed by atoms with E-state index in [2.05, 4.69) is 21.2 Å². The fraction of sp³-hybridized carbons (Fsp3) is 0.300. The van der Waals surface area contributed by atoms with Gasteiger partial charge in [0.1, 0.15) is 11.5 Å². The summed E-state index contributed by atoms with van der Waals surface area (Å²) in [6, 6.07) is 6.36. The highest BCUT2D eigenvalue weighted by molar-refractivity contribution is 9.10. The Morgan fingerprint density at radius 2 is 1.53 bits per heavy atom. The molecule has 10 heteroatoms. The molecule has 2 aromatic rings. The zero-order chi connectivity index (χ0) is 22.3. The van der Waals surface area contributed by atoms with Crippen LogP contribution in [0.2, 0.25) is 0 Å². The number of hydrogen-bond acceptors (Lipinski definition) is 8. The summed E-state index contributed by atoms with van der Waals surface area (Å²) < 4.78 is 31.6. The van der Waals surface area contributed by atoms with Crippen LogP contribution in [0.4, 0.5) is 5.69 Å². The van der Waals surface area contributed by atoms with Crippen LogP contribution < -0.4 is 29.0 Å². The van der Waals surface area contributed by atoms with E-state index < -0.39 is 18.5 Å². The Balaban J connectivity index is 2.15. The first-order valence-electron chi connectivity index (χ1n) is 8.57. The minimum absolute atomic E-state index is 0.108. The third-order valence-electron chi connectivity index (χ3n) is 4.00. The lowest BCUT2D eigenvalue weighted by atomic mass is 10.2. The first kappa shape index (κ1) is 23.1. The molecule has 30 heavy (non-hydrogen) atoms. The van der Waals surface area contributed by atoms with E-state index >= 15 is 0 Å². The molecule has 0 saturated carbocycles. The lowest BCUT2D eigenvalue weighted by Crippen LogP contribution is -2.21. The second-order valence-electron chi connectivity index (χ2n) is 5.70. The highest BCUT2D eigenvalue weighted by Crippen LogP contribution is 2.44. The fourth-order valence-corrected chi connectivity index (χ4v) is 3.19. The molecular weight excluding hydrogens is 462 g/mol. The van der Waals surface area contributed by atoms with Crippen LogP contribution >= 0.6 is 15.9 Å². The Morgan fingerprint density at radius 3 is 2.10 bits per heavy atom. The number of halogens is 1. The van der Waals surface area contributed by atoms with Crippen molar-refractivity contribution in [1.29, 1.82) is 0 Å². The number of carbonyl (C=O) groups is 2. The van der Waals surface area contributed by atoms with Crippen molar-refractivity contribution in [1.82, 2.24) is 0 Å². The predicted molar refractivity (Wildman–Crippen MR) is 112 cm³/mol. The molecule has 0 radical (unpaired) electrons. The second-order valence-corrected chi connectivity index (χ2v) is 6.49. The number of anilines is 1. The average molecular weight is 484 g/mol. The fourth-order valence-electron chi connectivity index (χ4n) is 2.58. The maximum absolute atomic E-state index is 12.6. The van der Waals surface area contributed by atoms with Gasteiger partial charge in [-0.3, -0.25) is 4.79 Å². The zero-order valence-corrected chi connectivity index (χ0v) is 18.7. The number of carbonyl (C=O) groups excluding carboxylic acids is 2. The predicted octanol–water partition coefficient (Wildman–Crippen LogP) is 3.29. The van der Waals surface area contributed by atoms with Crippen LogP contribution in [0.1, 0.15) is 10.4 Å². The van der Waals surface area contributed by atoms with E-state index in [9.17, 15) is 9.59 Å². The summed E-state index contributed by atoms with van der Waals surface area (Å²) in [7, 11) is 7.27. The topological polar surface area (TPSA) is 102 Å². The lowest BCUT2D eigenvalue weighted by molar-refractivity contribution is -0.119. The molecule has 0 bridgehead atoms. The molecule has 0 aliphatic heterocycles. The lowest BCUT2D eigenvalue weighted by Gasteiger charge is -2.16. The van der Waals surface area contributed by atoms with Crippen LogP contribution in [-0.2, 0) is 9.53 Å². The van der Waals surface area contributed by atoms with E-state index in [0.29, 0.717) is 27.4 Å². The molecule has 162 valence electrons. The second kappa shape index (κ2) is 10.6. The quantitative estimate of drug-likeness (QED) is 0.542. The van der Waals surface area contributed by atoms with Gasteiger partial charge < -0.3 is 33.7 Å². The average Bonchev–Trinajstić information content (AvgIpc) is 2.76. The van der Waals surface area contributed by atoms with Crippen molar-refractivity contribution in [2.24, 2.45) is 0 Å². The number of hydrogen-bond donors (Lipinski definition) is 1. The molecule has 2 rings (SSSR count). The number of rotatable bonds is 9. The summed E-state index contributed by atoms with van der Waals surface area (Å²) in [5.74, 6) is 0.496. The van der Waals surface area contributed by atoms with Crippen LogP contribution in [0, 0.1) is 0 Å². The standard InChI is InChI=1S/C20H22BrNO8/c1-25-11-6-7-14(26-2)13(8-11)22-16(23)10-30-20(24)12-9-15(27-3)18(28-4)19(29-5)17(12)21/h6-9H,10H2,1-5H3,(H,22,23). The third kappa shape index (κ3) is 5.07. The Morgan fingerprint density at radius 1 is 0.867 bits per heavy atom. The van der Waals surface area contributed by atoms with Gasteiger partial charge in [0.2, 0.25) is 5.75 Å². The Bertz CT molecular complexity index is 932. The highest BCUT2D eigenvalue weighted by atomic mass is 79.9. The van der Waals surface area contributed by atoms with Crippen molar-refractivity contribution in [2.45, 2.75) is 0 Å². The molecule has 0 fully saturated rings. The molecule has 9 nitrogen and oxygen atoms in total. The van der Waals surface area contributed by atoms with Gasteiger partial charge in [-0.15, -0.1) is 0 Å². The summed E-state index contributed by atoms with van der Waals surface area (Å²) in [6.45, 7) is -0.525. The van der Waals surface area contributed by atoms with E-state index in [1.807, 2.05) is 0 Å². The first-order valence-corrected chi connectivity index (χ1v) is 9.36. The van der Waals surface area contributed by atoms with Crippen LogP contribution in [-0.4, -0.2) is 54.0 Å². The van der Waals surface area contributed by atoms with Gasteiger partial charge in [0.25, 0.3) is 5.91 Å². The normalized spacial score (nSPS) is 10.1. The Kier molecular flexibility index (Phi) is 8.16. The number of ether oxygens (including phenoxy) is 6. The largest absolute Gasteiger partial charge is 0.497 e. The minimum Gasteiger partial charge on any atom is -0.497 e. The third-order valence-corrected chi connectivity index (χ3v) is 4.79. The maximum atomic E-state index is 12.6. The number of benzene rings is 2. The summed E-state index contributed by atoms with van der Waals surface area (Å²) in [5.41, 5.74) is 0.489. The number of nitrogens with one attached hydrogen (secondary N) is 1. The molecular formula is C20H22BrNO8. The number of amides is 1. The Labute approximate surface area is 182 Å². The van der Waals surface area contributed by atoms with E-state index in [0.717, 1.165) is 0 Å². The molecule has 0 unspecified atom stereocenters. The van der Waals surface area contributed by atoms with Gasteiger partial charge in [-0.05, 0) is 34.1 Å². The van der Waals surface area contributed by atoms with E-state index in [4.69, 9.17) is 28.4 Å². The van der Waals surface area contributed by atoms with E-state index in [-0.39, 0.29) is 17.1 Å². The SMILES string of the molecule is COc1ccc(OC)c(NC(=O)COC(=O)c2cc(OC)c(OC)c(OC)c2Br)c1. The summed E-state index contributed by atoms with van der Waals surface area (Å²) >= 11 is 3.30. The number of methoxy groups -OCH3 is 5. The maximum Gasteiger partial charge on any atom is 0.340 e. The molecule has 0 aliphatic carbocycles. The van der Waals surface area contributed by atoms with Gasteiger partial charge >= 0.3 is 5.97 Å². The van der Waals surface area contributed by atoms with E-state index in [1.54, 1.807) is 18.2 Å². The smallest absolute Gasteiger partial charge is 0.340 e. The monoisotopic (exact) mass is 483 g/mol. The van der Waals surface area contributed by atoms with Crippen molar-refractivity contribution in [3.8, 4) is 28.7 Å². The van der Waals surface area contributed by atoms with Crippen molar-refractivity contribution in [3.05, 3.63) is 34.3 Å². The zero-order valence-electron chi connectivity index (χ0n) is 17.2. The molecule has 0 heterocycles. The van der Waals surface area contributed by atoms with Gasteiger partial charge in [0, 0.05) is 6.07 Å². The molecule has 0 saturated heterocycles. The van der Waals surface area contributed by atoms with Crippen LogP contribution in [0.5, 0.6) is 28.7 Å². The van der Waals surface area contributed by atoms with Crippen molar-refractivity contribution < 1.29 is 38.0 Å². The molecule has 2 aromatic carbocycles. The molecule has 1 N–H and O–H groups in total. The van der Waals surface area contributed by atoms with Gasteiger partial charge in [-0.1, -0.05) is 0 Å². The highest BCUT2D eigenvalue weighted by Gasteiger charge is 2.24. The first-order chi connectivity index (χ1) is 14.4. The van der Waals surface area contributed by atoms with Gasteiger partial charge in [-0.2, -0.15) is 0 Å². The molecule has 0 aromatic heterocycles. The minimum atomic E-state index is -0.756. The van der Waals surface area contributed by atoms with Crippen molar-refractivity contribution in [2.75, 3.05) is 47.5 Å². The van der Waals surface area contributed by atoms with E-state index in [1.165, 1.54) is 41.6 Å². The van der Waals surface area contributed by atoms with Crippen molar-refractivity contribution in [3.63, 3.8) is 0 Å². The molecule has 0 atom stereocenters. The van der Waals surface area contributed by atoms with Crippen molar-refractivity contribution >= 4 is 33.5 Å². The van der Waals surface area contributed by atoms with Gasteiger partial charge in [0.05, 0.1) is 51.3 Å². The van der Waals surface area contributed by atoms with Crippen LogP contribution in [0.25, 0.3) is 0 Å². The summed E-state index contributed by atoms with van der Waals surface area (Å²) in [5, 5.41) is 2.62. The molecule has 0 aliphatic rings.